The summed E-state index contributed by atoms with van der Waals surface area (Å²) < 4.78 is 99.6. The molecule has 3 aromatic carbocycles. The molecule has 0 unspecified atom stereocenters. The minimum absolute atomic E-state index is 0.0595. The van der Waals surface area contributed by atoms with Crippen molar-refractivity contribution in [3.63, 3.8) is 0 Å². The second kappa shape index (κ2) is 13.5. The highest BCUT2D eigenvalue weighted by Gasteiger charge is 2.37. The predicted octanol–water partition coefficient (Wildman–Crippen LogP) is 7.50. The quantitative estimate of drug-likeness (QED) is 0.133. The van der Waals surface area contributed by atoms with Crippen molar-refractivity contribution in [2.45, 2.75) is 37.3 Å². The topological polar surface area (TPSA) is 90.0 Å². The lowest BCUT2D eigenvalue weighted by Gasteiger charge is -2.30. The summed E-state index contributed by atoms with van der Waals surface area (Å²) >= 11 is 0. The van der Waals surface area contributed by atoms with Gasteiger partial charge in [0.05, 0.1) is 35.4 Å². The van der Waals surface area contributed by atoms with Crippen LogP contribution in [-0.4, -0.2) is 51.7 Å². The summed E-state index contributed by atoms with van der Waals surface area (Å²) in [7, 11) is -3.13. The van der Waals surface area contributed by atoms with E-state index in [1.54, 1.807) is 25.3 Å². The van der Waals surface area contributed by atoms with Crippen molar-refractivity contribution in [2.24, 2.45) is 5.92 Å². The summed E-state index contributed by atoms with van der Waals surface area (Å²) in [6.07, 6.45) is -1.62. The molecule has 0 amide bonds. The molecule has 0 saturated carbocycles. The number of likely N-dealkylation sites (tertiary alicyclic amines) is 1. The number of piperidine rings is 1. The third kappa shape index (κ3) is 7.95. The van der Waals surface area contributed by atoms with Gasteiger partial charge in [0, 0.05) is 30.1 Å². The van der Waals surface area contributed by atoms with Crippen molar-refractivity contribution in [3.05, 3.63) is 78.1 Å². The average Bonchev–Trinajstić information content (AvgIpc) is 3.00. The molecular formula is C32H33F4N3O5S. The number of halogens is 4. The molecule has 0 spiro atoms. The van der Waals surface area contributed by atoms with E-state index in [1.165, 1.54) is 31.0 Å². The van der Waals surface area contributed by atoms with E-state index < -0.39 is 32.5 Å². The van der Waals surface area contributed by atoms with E-state index in [1.807, 2.05) is 4.72 Å². The molecule has 1 saturated heterocycles. The van der Waals surface area contributed by atoms with Crippen LogP contribution in [0, 0.1) is 11.7 Å². The monoisotopic (exact) mass is 647 g/mol. The number of fused-ring (bicyclic) bond motifs is 1. The molecule has 1 aliphatic heterocycles. The molecule has 13 heteroatoms. The van der Waals surface area contributed by atoms with E-state index in [9.17, 15) is 26.0 Å². The number of sulfonamides is 1. The first-order valence-corrected chi connectivity index (χ1v) is 15.9. The highest BCUT2D eigenvalue weighted by Crippen LogP contribution is 2.36. The van der Waals surface area contributed by atoms with Crippen LogP contribution in [0.15, 0.2) is 71.6 Å². The van der Waals surface area contributed by atoms with E-state index in [4.69, 9.17) is 14.2 Å². The Morgan fingerprint density at radius 2 is 1.73 bits per heavy atom. The second-order valence-corrected chi connectivity index (χ2v) is 12.6. The predicted molar refractivity (Wildman–Crippen MR) is 162 cm³/mol. The van der Waals surface area contributed by atoms with Gasteiger partial charge in [0.25, 0.3) is 10.0 Å². The molecule has 4 aromatic rings. The number of rotatable bonds is 11. The largest absolute Gasteiger partial charge is 0.493 e. The van der Waals surface area contributed by atoms with Gasteiger partial charge in [-0.2, -0.15) is 13.2 Å². The van der Waals surface area contributed by atoms with Crippen molar-refractivity contribution in [3.8, 4) is 23.1 Å². The average molecular weight is 648 g/mol. The minimum Gasteiger partial charge on any atom is -0.493 e. The Morgan fingerprint density at radius 3 is 2.44 bits per heavy atom. The van der Waals surface area contributed by atoms with Gasteiger partial charge in [0.15, 0.2) is 23.1 Å². The summed E-state index contributed by atoms with van der Waals surface area (Å²) in [6.45, 7) is 5.92. The van der Waals surface area contributed by atoms with Gasteiger partial charge in [0.2, 0.25) is 5.88 Å². The molecule has 8 nitrogen and oxygen atoms in total. The number of hydrogen-bond acceptors (Lipinski definition) is 7. The molecule has 45 heavy (non-hydrogen) atoms. The van der Waals surface area contributed by atoms with E-state index >= 15 is 0 Å². The molecule has 1 fully saturated rings. The molecule has 0 radical (unpaired) electrons. The fraction of sp³-hybridized carbons (Fsp3) is 0.344. The minimum atomic E-state index is -4.90. The Labute approximate surface area is 259 Å². The fourth-order valence-corrected chi connectivity index (χ4v) is 6.38. The van der Waals surface area contributed by atoms with Crippen molar-refractivity contribution >= 4 is 26.6 Å². The van der Waals surface area contributed by atoms with Crippen LogP contribution >= 0.6 is 0 Å². The van der Waals surface area contributed by atoms with Gasteiger partial charge in [-0.25, -0.2) is 17.8 Å². The third-order valence-electron chi connectivity index (χ3n) is 7.58. The van der Waals surface area contributed by atoms with Crippen molar-refractivity contribution in [1.29, 1.82) is 0 Å². The van der Waals surface area contributed by atoms with Crippen molar-refractivity contribution in [1.82, 2.24) is 9.88 Å². The van der Waals surface area contributed by atoms with Crippen LogP contribution in [0.2, 0.25) is 0 Å². The zero-order valence-corrected chi connectivity index (χ0v) is 25.6. The molecule has 5 rings (SSSR count). The lowest BCUT2D eigenvalue weighted by atomic mass is 9.99. The Hall–Kier alpha value is -4.10. The van der Waals surface area contributed by atoms with Gasteiger partial charge < -0.3 is 19.1 Å². The van der Waals surface area contributed by atoms with Crippen LogP contribution in [0.3, 0.4) is 0 Å². The van der Waals surface area contributed by atoms with E-state index in [-0.39, 0.29) is 17.3 Å². The molecule has 1 aromatic heterocycles. The molecule has 0 atom stereocenters. The van der Waals surface area contributed by atoms with Gasteiger partial charge in [-0.3, -0.25) is 4.72 Å². The summed E-state index contributed by atoms with van der Waals surface area (Å²) in [5.74, 6) is 0.671. The molecule has 240 valence electrons. The van der Waals surface area contributed by atoms with Gasteiger partial charge in [-0.05, 0) is 74.7 Å². The van der Waals surface area contributed by atoms with E-state index in [0.29, 0.717) is 29.7 Å². The first-order valence-electron chi connectivity index (χ1n) is 14.4. The van der Waals surface area contributed by atoms with Crippen molar-refractivity contribution < 1.29 is 40.2 Å². The number of ether oxygens (including phenoxy) is 3. The van der Waals surface area contributed by atoms with Crippen LogP contribution in [0.4, 0.5) is 23.2 Å². The van der Waals surface area contributed by atoms with Crippen molar-refractivity contribution in [2.75, 3.05) is 38.1 Å². The smallest absolute Gasteiger partial charge is 0.417 e. The summed E-state index contributed by atoms with van der Waals surface area (Å²) in [6, 6.07) is 13.6. The summed E-state index contributed by atoms with van der Waals surface area (Å²) in [5.41, 5.74) is -1.10. The van der Waals surface area contributed by atoms with E-state index in [2.05, 4.69) is 16.8 Å². The standard InChI is InChI=1S/C32H33F4N3O5S/c1-21-12-15-39(16-13-21)14-5-17-43-29-20-26-22(18-28(29)42-2)8-11-31(37-26)44-27-10-9-23(19-25(27)33)38-45(40,41)30-7-4-3-6-24(30)32(34,35)36/h3-4,6-11,18-21,38H,5,12-17H2,1-2H3. The number of nitrogens with one attached hydrogen (secondary N) is 1. The maximum Gasteiger partial charge on any atom is 0.417 e. The number of alkyl halides is 3. The van der Waals surface area contributed by atoms with Gasteiger partial charge in [0.1, 0.15) is 0 Å². The van der Waals surface area contributed by atoms with Crippen LogP contribution in [0.5, 0.6) is 23.1 Å². The Balaban J connectivity index is 1.27. The number of aromatic nitrogens is 1. The molecule has 0 bridgehead atoms. The Bertz CT molecular complexity index is 1760. The third-order valence-corrected chi connectivity index (χ3v) is 9.02. The van der Waals surface area contributed by atoms with Crippen LogP contribution in [0.25, 0.3) is 10.9 Å². The highest BCUT2D eigenvalue weighted by molar-refractivity contribution is 7.92. The summed E-state index contributed by atoms with van der Waals surface area (Å²) in [5, 5.41) is 0.735. The van der Waals surface area contributed by atoms with Gasteiger partial charge in [-0.1, -0.05) is 19.1 Å². The number of benzene rings is 3. The SMILES string of the molecule is COc1cc2ccc(Oc3ccc(NS(=O)(=O)c4ccccc4C(F)(F)F)cc3F)nc2cc1OCCCN1CCC(C)CC1. The first-order chi connectivity index (χ1) is 21.4. The van der Waals surface area contributed by atoms with Crippen LogP contribution in [0.1, 0.15) is 31.7 Å². The number of nitrogens with zero attached hydrogens (tertiary/aromatic N) is 2. The number of pyridine rings is 1. The number of hydrogen-bond donors (Lipinski definition) is 1. The normalized spacial score (nSPS) is 14.8. The molecular weight excluding hydrogens is 614 g/mol. The maximum absolute atomic E-state index is 15.0. The van der Waals surface area contributed by atoms with Crippen LogP contribution in [-0.2, 0) is 16.2 Å². The summed E-state index contributed by atoms with van der Waals surface area (Å²) in [4.78, 5) is 5.93. The molecule has 0 aliphatic carbocycles. The zero-order chi connectivity index (χ0) is 32.2. The maximum atomic E-state index is 15.0. The lowest BCUT2D eigenvalue weighted by molar-refractivity contribution is -0.139. The number of methoxy groups -OCH3 is 1. The highest BCUT2D eigenvalue weighted by atomic mass is 32.2. The first kappa shape index (κ1) is 32.3. The Morgan fingerprint density at radius 1 is 0.978 bits per heavy atom. The van der Waals surface area contributed by atoms with Gasteiger partial charge in [-0.15, -0.1) is 0 Å². The van der Waals surface area contributed by atoms with Crippen LogP contribution < -0.4 is 18.9 Å². The Kier molecular flexibility index (Phi) is 9.68. The fourth-order valence-electron chi connectivity index (χ4n) is 5.10. The number of anilines is 1. The molecule has 2 heterocycles. The molecule has 1 N–H and O–H groups in total. The second-order valence-electron chi connectivity index (χ2n) is 10.9. The van der Waals surface area contributed by atoms with E-state index in [0.717, 1.165) is 61.6 Å². The zero-order valence-electron chi connectivity index (χ0n) is 24.7. The lowest BCUT2D eigenvalue weighted by Crippen LogP contribution is -2.34. The van der Waals surface area contributed by atoms with Gasteiger partial charge >= 0.3 is 6.18 Å². The molecule has 1 aliphatic rings.